The number of Topliss-reactive ketones (excluding diaryl/α,β-unsaturated/α-hetero) is 2. The highest BCUT2D eigenvalue weighted by molar-refractivity contribution is 6.32. The maximum atomic E-state index is 13.1. The molecule has 3 aliphatic rings. The predicted molar refractivity (Wildman–Crippen MR) is 83.0 cm³/mol. The van der Waals surface area contributed by atoms with Crippen LogP contribution in [0.15, 0.2) is 48.5 Å². The number of hydrogen-bond acceptors (Lipinski definition) is 2. The van der Waals surface area contributed by atoms with Crippen molar-refractivity contribution >= 4 is 11.6 Å². The van der Waals surface area contributed by atoms with Crippen molar-refractivity contribution < 1.29 is 9.59 Å². The Bertz CT molecular complexity index is 802. The Hall–Kier alpha value is -2.22. The number of benzene rings is 2. The molecular formula is C20H16O2. The standard InChI is InChI=1S/C20H16O2/c1-12-19(10-13-6-2-3-7-14(13)11-19)20(12)17(21)15-8-4-5-9-16(15)18(20)22/h2-9,12H,10-11H2,1H3. The molecule has 2 heteroatoms. The lowest BCUT2D eigenvalue weighted by atomic mass is 9.86. The van der Waals surface area contributed by atoms with Crippen LogP contribution in [0.4, 0.5) is 0 Å². The number of hydrogen-bond donors (Lipinski definition) is 0. The quantitative estimate of drug-likeness (QED) is 0.695. The fourth-order valence-electron chi connectivity index (χ4n) is 5.29. The van der Waals surface area contributed by atoms with E-state index in [0.717, 1.165) is 12.8 Å². The molecule has 2 aromatic rings. The smallest absolute Gasteiger partial charge is 0.178 e. The molecule has 5 rings (SSSR count). The van der Waals surface area contributed by atoms with Gasteiger partial charge in [0.1, 0.15) is 5.41 Å². The van der Waals surface area contributed by atoms with Gasteiger partial charge in [-0.1, -0.05) is 55.5 Å². The first-order valence-electron chi connectivity index (χ1n) is 7.88. The van der Waals surface area contributed by atoms with Crippen molar-refractivity contribution in [1.82, 2.24) is 0 Å². The van der Waals surface area contributed by atoms with Gasteiger partial charge in [-0.3, -0.25) is 9.59 Å². The minimum atomic E-state index is -0.796. The van der Waals surface area contributed by atoms with Gasteiger partial charge in [-0.25, -0.2) is 0 Å². The molecule has 1 saturated carbocycles. The van der Waals surface area contributed by atoms with E-state index in [1.807, 2.05) is 36.4 Å². The zero-order valence-corrected chi connectivity index (χ0v) is 12.4. The minimum absolute atomic E-state index is 0.0633. The van der Waals surface area contributed by atoms with Crippen molar-refractivity contribution in [2.45, 2.75) is 19.8 Å². The molecule has 0 N–H and O–H groups in total. The monoisotopic (exact) mass is 288 g/mol. The lowest BCUT2D eigenvalue weighted by molar-refractivity contribution is 0.0766. The summed E-state index contributed by atoms with van der Waals surface area (Å²) in [5.41, 5.74) is 2.89. The van der Waals surface area contributed by atoms with Gasteiger partial charge in [0.2, 0.25) is 0 Å². The van der Waals surface area contributed by atoms with E-state index in [2.05, 4.69) is 19.1 Å². The molecule has 3 aliphatic carbocycles. The fourth-order valence-corrected chi connectivity index (χ4v) is 5.29. The van der Waals surface area contributed by atoms with E-state index in [-0.39, 0.29) is 22.9 Å². The number of carbonyl (C=O) groups is 2. The second kappa shape index (κ2) is 3.57. The lowest BCUT2D eigenvalue weighted by Gasteiger charge is -2.13. The fraction of sp³-hybridized carbons (Fsp3) is 0.300. The highest BCUT2D eigenvalue weighted by Crippen LogP contribution is 2.77. The van der Waals surface area contributed by atoms with Crippen LogP contribution in [0.2, 0.25) is 0 Å². The summed E-state index contributed by atoms with van der Waals surface area (Å²) in [5, 5.41) is 0. The van der Waals surface area contributed by atoms with Gasteiger partial charge in [-0.15, -0.1) is 0 Å². The summed E-state index contributed by atoms with van der Waals surface area (Å²) in [6, 6.07) is 15.7. The van der Waals surface area contributed by atoms with Crippen molar-refractivity contribution in [3.63, 3.8) is 0 Å². The highest BCUT2D eigenvalue weighted by Gasteiger charge is 2.83. The van der Waals surface area contributed by atoms with E-state index >= 15 is 0 Å². The zero-order valence-electron chi connectivity index (χ0n) is 12.4. The average molecular weight is 288 g/mol. The second-order valence-corrected chi connectivity index (χ2v) is 7.01. The van der Waals surface area contributed by atoms with Gasteiger partial charge in [0.25, 0.3) is 0 Å². The molecule has 0 aromatic heterocycles. The van der Waals surface area contributed by atoms with Crippen molar-refractivity contribution in [3.8, 4) is 0 Å². The second-order valence-electron chi connectivity index (χ2n) is 7.01. The molecule has 2 nitrogen and oxygen atoms in total. The Morgan fingerprint density at radius 1 is 0.818 bits per heavy atom. The minimum Gasteiger partial charge on any atom is -0.293 e. The number of fused-ring (bicyclic) bond motifs is 3. The Morgan fingerprint density at radius 3 is 1.77 bits per heavy atom. The summed E-state index contributed by atoms with van der Waals surface area (Å²) in [6.07, 6.45) is 1.71. The van der Waals surface area contributed by atoms with Crippen molar-refractivity contribution in [1.29, 1.82) is 0 Å². The van der Waals surface area contributed by atoms with Gasteiger partial charge in [0.05, 0.1) is 0 Å². The van der Waals surface area contributed by atoms with Crippen molar-refractivity contribution in [2.24, 2.45) is 16.7 Å². The zero-order chi connectivity index (χ0) is 15.1. The van der Waals surface area contributed by atoms with E-state index in [1.165, 1.54) is 11.1 Å². The summed E-state index contributed by atoms with van der Waals surface area (Å²) in [6.45, 7) is 2.09. The Labute approximate surface area is 129 Å². The van der Waals surface area contributed by atoms with Crippen LogP contribution in [-0.2, 0) is 12.8 Å². The number of rotatable bonds is 0. The van der Waals surface area contributed by atoms with Gasteiger partial charge in [0.15, 0.2) is 11.6 Å². The topological polar surface area (TPSA) is 34.1 Å². The SMILES string of the molecule is CC1C2(Cc3ccccc3C2)C12C(=O)c1ccccc1C2=O. The van der Waals surface area contributed by atoms with Gasteiger partial charge >= 0.3 is 0 Å². The maximum Gasteiger partial charge on any atom is 0.178 e. The maximum absolute atomic E-state index is 13.1. The molecule has 108 valence electrons. The number of ketones is 2. The molecule has 2 spiro atoms. The molecule has 0 bridgehead atoms. The summed E-state index contributed by atoms with van der Waals surface area (Å²) in [5.74, 6) is 0.251. The molecule has 2 aromatic carbocycles. The summed E-state index contributed by atoms with van der Waals surface area (Å²) < 4.78 is 0. The van der Waals surface area contributed by atoms with Crippen molar-refractivity contribution in [3.05, 3.63) is 70.8 Å². The Balaban J connectivity index is 1.67. The third-order valence-corrected chi connectivity index (χ3v) is 6.44. The molecule has 22 heavy (non-hydrogen) atoms. The van der Waals surface area contributed by atoms with Gasteiger partial charge in [-0.05, 0) is 29.9 Å². The van der Waals surface area contributed by atoms with Gasteiger partial charge < -0.3 is 0 Å². The van der Waals surface area contributed by atoms with E-state index in [9.17, 15) is 9.59 Å². The molecule has 0 radical (unpaired) electrons. The molecule has 1 fully saturated rings. The highest BCUT2D eigenvalue weighted by atomic mass is 16.2. The molecule has 1 unspecified atom stereocenters. The lowest BCUT2D eigenvalue weighted by Crippen LogP contribution is -2.26. The van der Waals surface area contributed by atoms with Crippen molar-refractivity contribution in [2.75, 3.05) is 0 Å². The van der Waals surface area contributed by atoms with Crippen LogP contribution in [0.1, 0.15) is 38.8 Å². The summed E-state index contributed by atoms with van der Waals surface area (Å²) >= 11 is 0. The molecule has 0 amide bonds. The van der Waals surface area contributed by atoms with Gasteiger partial charge in [-0.2, -0.15) is 0 Å². The first-order valence-corrected chi connectivity index (χ1v) is 7.88. The average Bonchev–Trinajstić information content (AvgIpc) is 2.84. The normalized spacial score (nSPS) is 25.6. The van der Waals surface area contributed by atoms with Crippen LogP contribution < -0.4 is 0 Å². The van der Waals surface area contributed by atoms with E-state index in [0.29, 0.717) is 11.1 Å². The molecule has 0 saturated heterocycles. The predicted octanol–water partition coefficient (Wildman–Crippen LogP) is 3.49. The number of carbonyl (C=O) groups excluding carboxylic acids is 2. The van der Waals surface area contributed by atoms with Gasteiger partial charge in [0, 0.05) is 16.5 Å². The van der Waals surface area contributed by atoms with Crippen LogP contribution in [-0.4, -0.2) is 11.6 Å². The largest absolute Gasteiger partial charge is 0.293 e. The van der Waals surface area contributed by atoms with Crippen LogP contribution in [0.25, 0.3) is 0 Å². The first kappa shape index (κ1) is 12.3. The first-order chi connectivity index (χ1) is 10.6. The third kappa shape index (κ3) is 1.06. The molecule has 0 heterocycles. The van der Waals surface area contributed by atoms with E-state index in [1.54, 1.807) is 0 Å². The van der Waals surface area contributed by atoms with Crippen LogP contribution in [0.3, 0.4) is 0 Å². The summed E-state index contributed by atoms with van der Waals surface area (Å²) in [4.78, 5) is 26.2. The molecule has 1 atom stereocenters. The van der Waals surface area contributed by atoms with Crippen LogP contribution >= 0.6 is 0 Å². The Kier molecular flexibility index (Phi) is 2.00. The van der Waals surface area contributed by atoms with E-state index < -0.39 is 5.41 Å². The molecule has 0 aliphatic heterocycles. The van der Waals surface area contributed by atoms with Crippen LogP contribution in [0.5, 0.6) is 0 Å². The van der Waals surface area contributed by atoms with Crippen LogP contribution in [0, 0.1) is 16.7 Å². The Morgan fingerprint density at radius 2 is 1.27 bits per heavy atom. The molecular weight excluding hydrogens is 272 g/mol. The van der Waals surface area contributed by atoms with E-state index in [4.69, 9.17) is 0 Å². The summed E-state index contributed by atoms with van der Waals surface area (Å²) in [7, 11) is 0. The third-order valence-electron chi connectivity index (χ3n) is 6.44.